The fraction of sp³-hybridized carbons (Fsp3) is 0.231. The van der Waals surface area contributed by atoms with Gasteiger partial charge in [-0.25, -0.2) is 0 Å². The highest BCUT2D eigenvalue weighted by molar-refractivity contribution is 7.10. The quantitative estimate of drug-likeness (QED) is 0.854. The van der Waals surface area contributed by atoms with Crippen LogP contribution in [0.15, 0.2) is 41.8 Å². The average Bonchev–Trinajstić information content (AvgIpc) is 2.76. The molecule has 3 heteroatoms. The van der Waals surface area contributed by atoms with Gasteiger partial charge in [0.15, 0.2) is 0 Å². The third kappa shape index (κ3) is 1.78. The average molecular weight is 233 g/mol. The second kappa shape index (κ2) is 4.37. The Bertz CT molecular complexity index is 466. The first-order chi connectivity index (χ1) is 7.68. The molecule has 0 spiro atoms. The van der Waals surface area contributed by atoms with E-state index < -0.39 is 5.60 Å². The fourth-order valence-electron chi connectivity index (χ4n) is 1.91. The van der Waals surface area contributed by atoms with Gasteiger partial charge in [0, 0.05) is 17.0 Å². The number of aliphatic hydroxyl groups is 1. The lowest BCUT2D eigenvalue weighted by atomic mass is 9.87. The molecule has 1 unspecified atom stereocenters. The van der Waals surface area contributed by atoms with Gasteiger partial charge in [0.25, 0.3) is 0 Å². The summed E-state index contributed by atoms with van der Waals surface area (Å²) in [6.45, 7) is 2.19. The number of rotatable bonds is 3. The molecule has 1 heterocycles. The van der Waals surface area contributed by atoms with Crippen molar-refractivity contribution in [2.75, 3.05) is 6.54 Å². The molecule has 0 aliphatic heterocycles. The Morgan fingerprint density at radius 2 is 1.94 bits per heavy atom. The molecule has 2 nitrogen and oxygen atoms in total. The molecule has 0 fully saturated rings. The molecular weight excluding hydrogens is 218 g/mol. The van der Waals surface area contributed by atoms with Crippen LogP contribution in [0.2, 0.25) is 0 Å². The van der Waals surface area contributed by atoms with Gasteiger partial charge in [-0.2, -0.15) is 0 Å². The summed E-state index contributed by atoms with van der Waals surface area (Å²) in [5, 5.41) is 12.7. The van der Waals surface area contributed by atoms with Crippen molar-refractivity contribution in [2.24, 2.45) is 5.73 Å². The molecule has 0 saturated carbocycles. The normalized spacial score (nSPS) is 14.7. The van der Waals surface area contributed by atoms with Gasteiger partial charge in [-0.15, -0.1) is 11.3 Å². The van der Waals surface area contributed by atoms with Gasteiger partial charge in [0.1, 0.15) is 5.60 Å². The fourth-order valence-corrected chi connectivity index (χ4v) is 2.68. The van der Waals surface area contributed by atoms with Crippen LogP contribution in [0.4, 0.5) is 0 Å². The summed E-state index contributed by atoms with van der Waals surface area (Å²) in [5.74, 6) is 0. The van der Waals surface area contributed by atoms with Gasteiger partial charge in [0.2, 0.25) is 0 Å². The molecule has 0 saturated heterocycles. The van der Waals surface area contributed by atoms with Crippen molar-refractivity contribution in [2.45, 2.75) is 12.5 Å². The second-order valence-corrected chi connectivity index (χ2v) is 4.94. The van der Waals surface area contributed by atoms with E-state index in [1.165, 1.54) is 0 Å². The van der Waals surface area contributed by atoms with Crippen molar-refractivity contribution in [3.63, 3.8) is 0 Å². The smallest absolute Gasteiger partial charge is 0.128 e. The first kappa shape index (κ1) is 11.3. The summed E-state index contributed by atoms with van der Waals surface area (Å²) in [4.78, 5) is 1.11. The summed E-state index contributed by atoms with van der Waals surface area (Å²) in [6, 6.07) is 11.5. The number of thiophene rings is 1. The molecule has 3 N–H and O–H groups in total. The van der Waals surface area contributed by atoms with Crippen LogP contribution in [-0.4, -0.2) is 11.7 Å². The summed E-state index contributed by atoms with van der Waals surface area (Å²) in [5.41, 5.74) is 6.44. The predicted octanol–water partition coefficient (Wildman–Crippen LogP) is 2.25. The number of benzene rings is 1. The van der Waals surface area contributed by atoms with E-state index >= 15 is 0 Å². The van der Waals surface area contributed by atoms with E-state index in [0.717, 1.165) is 16.0 Å². The minimum absolute atomic E-state index is 0.189. The van der Waals surface area contributed by atoms with Gasteiger partial charge in [-0.3, -0.25) is 0 Å². The van der Waals surface area contributed by atoms with Crippen molar-refractivity contribution in [3.8, 4) is 0 Å². The molecule has 2 aromatic rings. The topological polar surface area (TPSA) is 46.2 Å². The van der Waals surface area contributed by atoms with Crippen LogP contribution in [0, 0.1) is 6.92 Å². The summed E-state index contributed by atoms with van der Waals surface area (Å²) in [6.07, 6.45) is 0. The predicted molar refractivity (Wildman–Crippen MR) is 67.6 cm³/mol. The molecule has 84 valence electrons. The van der Waals surface area contributed by atoms with Crippen LogP contribution in [-0.2, 0) is 5.60 Å². The van der Waals surface area contributed by atoms with Gasteiger partial charge in [-0.05, 0) is 23.9 Å². The first-order valence-electron chi connectivity index (χ1n) is 5.21. The van der Waals surface area contributed by atoms with Crippen LogP contribution in [0.5, 0.6) is 0 Å². The minimum Gasteiger partial charge on any atom is -0.379 e. The van der Waals surface area contributed by atoms with Crippen molar-refractivity contribution in [1.29, 1.82) is 0 Å². The Labute approximate surface area is 99.4 Å². The van der Waals surface area contributed by atoms with Crippen LogP contribution in [0.3, 0.4) is 0 Å². The summed E-state index contributed by atoms with van der Waals surface area (Å²) >= 11 is 1.63. The van der Waals surface area contributed by atoms with Crippen molar-refractivity contribution in [3.05, 3.63) is 57.8 Å². The molecule has 16 heavy (non-hydrogen) atoms. The van der Waals surface area contributed by atoms with Crippen molar-refractivity contribution in [1.82, 2.24) is 0 Å². The Morgan fingerprint density at radius 3 is 2.44 bits per heavy atom. The Hall–Kier alpha value is -1.16. The lowest BCUT2D eigenvalue weighted by molar-refractivity contribution is 0.0901. The maximum absolute atomic E-state index is 10.7. The molecule has 1 aromatic carbocycles. The molecule has 1 aromatic heterocycles. The Morgan fingerprint density at radius 1 is 1.25 bits per heavy atom. The monoisotopic (exact) mass is 233 g/mol. The molecule has 0 aliphatic carbocycles. The van der Waals surface area contributed by atoms with E-state index in [2.05, 4.69) is 0 Å². The zero-order chi connectivity index (χ0) is 11.6. The standard InChI is InChI=1S/C13H15NOS/c1-10-12(7-8-16-10)13(15,9-14)11-5-3-2-4-6-11/h2-8,15H,9,14H2,1H3. The maximum Gasteiger partial charge on any atom is 0.128 e. The molecule has 0 radical (unpaired) electrons. The van der Waals surface area contributed by atoms with E-state index in [9.17, 15) is 5.11 Å². The van der Waals surface area contributed by atoms with Crippen molar-refractivity contribution >= 4 is 11.3 Å². The first-order valence-corrected chi connectivity index (χ1v) is 6.09. The van der Waals surface area contributed by atoms with Crippen LogP contribution < -0.4 is 5.73 Å². The van der Waals surface area contributed by atoms with E-state index in [1.54, 1.807) is 11.3 Å². The maximum atomic E-state index is 10.7. The highest BCUT2D eigenvalue weighted by Gasteiger charge is 2.31. The van der Waals surface area contributed by atoms with E-state index in [-0.39, 0.29) is 6.54 Å². The van der Waals surface area contributed by atoms with Gasteiger partial charge in [-0.1, -0.05) is 30.3 Å². The Balaban J connectivity index is 2.53. The van der Waals surface area contributed by atoms with Crippen LogP contribution in [0.25, 0.3) is 0 Å². The number of hydrogen-bond donors (Lipinski definition) is 2. The van der Waals surface area contributed by atoms with Crippen molar-refractivity contribution < 1.29 is 5.11 Å². The van der Waals surface area contributed by atoms with E-state index in [4.69, 9.17) is 5.73 Å². The number of aryl methyl sites for hydroxylation is 1. The second-order valence-electron chi connectivity index (χ2n) is 3.82. The highest BCUT2D eigenvalue weighted by atomic mass is 32.1. The molecule has 0 aliphatic rings. The lowest BCUT2D eigenvalue weighted by Crippen LogP contribution is -2.36. The largest absolute Gasteiger partial charge is 0.379 e. The van der Waals surface area contributed by atoms with Crippen LogP contribution in [0.1, 0.15) is 16.0 Å². The number of hydrogen-bond acceptors (Lipinski definition) is 3. The molecule has 0 bridgehead atoms. The SMILES string of the molecule is Cc1sccc1C(O)(CN)c1ccccc1. The lowest BCUT2D eigenvalue weighted by Gasteiger charge is -2.27. The molecule has 0 amide bonds. The summed E-state index contributed by atoms with van der Waals surface area (Å²) < 4.78 is 0. The molecular formula is C13H15NOS. The summed E-state index contributed by atoms with van der Waals surface area (Å²) in [7, 11) is 0. The van der Waals surface area contributed by atoms with Crippen LogP contribution >= 0.6 is 11.3 Å². The Kier molecular flexibility index (Phi) is 3.10. The third-order valence-corrected chi connectivity index (χ3v) is 3.70. The molecule has 1 atom stereocenters. The van der Waals surface area contributed by atoms with E-state index in [0.29, 0.717) is 0 Å². The zero-order valence-electron chi connectivity index (χ0n) is 9.18. The highest BCUT2D eigenvalue weighted by Crippen LogP contribution is 2.33. The van der Waals surface area contributed by atoms with E-state index in [1.807, 2.05) is 48.7 Å². The third-order valence-electron chi connectivity index (χ3n) is 2.85. The number of nitrogens with two attached hydrogens (primary N) is 1. The zero-order valence-corrected chi connectivity index (χ0v) is 10.00. The van der Waals surface area contributed by atoms with Gasteiger partial charge in [0.05, 0.1) is 0 Å². The van der Waals surface area contributed by atoms with Gasteiger partial charge >= 0.3 is 0 Å². The molecule has 2 rings (SSSR count). The minimum atomic E-state index is -1.06. The van der Waals surface area contributed by atoms with Gasteiger partial charge < -0.3 is 10.8 Å².